The molecule has 1 aliphatic rings. The van der Waals surface area contributed by atoms with Gasteiger partial charge in [0, 0.05) is 25.2 Å². The lowest BCUT2D eigenvalue weighted by Crippen LogP contribution is -2.25. The van der Waals surface area contributed by atoms with E-state index in [1.165, 1.54) is 17.1 Å². The number of nitrogen functional groups attached to an aromatic ring is 1. The molecule has 0 spiro atoms. The topological polar surface area (TPSA) is 87.2 Å². The lowest BCUT2D eigenvalue weighted by molar-refractivity contribution is 0.307. The molecule has 2 N–H and O–H groups in total. The van der Waals surface area contributed by atoms with Crippen LogP contribution in [0.3, 0.4) is 0 Å². The van der Waals surface area contributed by atoms with Crippen molar-refractivity contribution in [3.05, 3.63) is 36.2 Å². The smallest absolute Gasteiger partial charge is 0.219 e. The summed E-state index contributed by atoms with van der Waals surface area (Å²) in [6.07, 6.45) is 3.09. The summed E-state index contributed by atoms with van der Waals surface area (Å²) < 4.78 is 31.8. The van der Waals surface area contributed by atoms with Crippen LogP contribution in [0.5, 0.6) is 5.75 Å². The van der Waals surface area contributed by atoms with Gasteiger partial charge >= 0.3 is 0 Å². The van der Waals surface area contributed by atoms with E-state index in [1.54, 1.807) is 19.2 Å². The van der Waals surface area contributed by atoms with Crippen LogP contribution in [-0.2, 0) is 23.3 Å². The Morgan fingerprint density at radius 3 is 2.89 bits per heavy atom. The van der Waals surface area contributed by atoms with Crippen LogP contribution >= 0.6 is 0 Å². The van der Waals surface area contributed by atoms with Gasteiger partial charge in [0.05, 0.1) is 11.9 Å². The third-order valence-electron chi connectivity index (χ3n) is 3.12. The van der Waals surface area contributed by atoms with Crippen LogP contribution in [-0.4, -0.2) is 23.6 Å². The Balaban J connectivity index is 1.97. The second-order valence-corrected chi connectivity index (χ2v) is 6.57. The molecule has 1 aromatic heterocycles. The van der Waals surface area contributed by atoms with Gasteiger partial charge in [0.1, 0.15) is 10.6 Å². The maximum Gasteiger partial charge on any atom is 0.219 e. The van der Waals surface area contributed by atoms with E-state index < -0.39 is 15.3 Å². The molecule has 1 aromatic carbocycles. The Labute approximate surface area is 110 Å². The van der Waals surface area contributed by atoms with Gasteiger partial charge in [-0.15, -0.1) is 0 Å². The van der Waals surface area contributed by atoms with Crippen LogP contribution in [0.25, 0.3) is 0 Å². The molecule has 0 saturated heterocycles. The standard InChI is InChI=1S/C12H13N3O3S/c1-15-7-9(6-14-15)19(16,17)11-5-8-3-2-4-10(13)12(8)18-11/h2-4,6-7,11H,5,13H2,1H3. The van der Waals surface area contributed by atoms with Crippen LogP contribution in [0.1, 0.15) is 5.56 Å². The van der Waals surface area contributed by atoms with E-state index in [1.807, 2.05) is 6.07 Å². The summed E-state index contributed by atoms with van der Waals surface area (Å²) in [6.45, 7) is 0. The van der Waals surface area contributed by atoms with Crippen molar-refractivity contribution < 1.29 is 13.2 Å². The first-order valence-electron chi connectivity index (χ1n) is 5.75. The molecule has 0 radical (unpaired) electrons. The molecular formula is C12H13N3O3S. The molecule has 0 bridgehead atoms. The molecule has 1 unspecified atom stereocenters. The highest BCUT2D eigenvalue weighted by molar-refractivity contribution is 7.92. The second-order valence-electron chi connectivity index (χ2n) is 4.48. The molecule has 2 aromatic rings. The molecule has 0 aliphatic carbocycles. The summed E-state index contributed by atoms with van der Waals surface area (Å²) in [5.41, 5.74) is 6.13. The van der Waals surface area contributed by atoms with Gasteiger partial charge in [-0.1, -0.05) is 12.1 Å². The molecule has 0 saturated carbocycles. The number of aryl methyl sites for hydroxylation is 1. The van der Waals surface area contributed by atoms with Crippen molar-refractivity contribution in [2.24, 2.45) is 7.05 Å². The normalized spacial score (nSPS) is 18.1. The summed E-state index contributed by atoms with van der Waals surface area (Å²) in [6, 6.07) is 5.30. The van der Waals surface area contributed by atoms with Gasteiger partial charge in [-0.3, -0.25) is 4.68 Å². The van der Waals surface area contributed by atoms with Crippen molar-refractivity contribution in [1.29, 1.82) is 0 Å². The van der Waals surface area contributed by atoms with E-state index in [-0.39, 0.29) is 4.90 Å². The number of para-hydroxylation sites is 1. The fourth-order valence-electron chi connectivity index (χ4n) is 2.13. The van der Waals surface area contributed by atoms with E-state index in [2.05, 4.69) is 5.10 Å². The number of fused-ring (bicyclic) bond motifs is 1. The van der Waals surface area contributed by atoms with Crippen molar-refractivity contribution in [3.63, 3.8) is 0 Å². The number of hydrogen-bond acceptors (Lipinski definition) is 5. The molecule has 6 nitrogen and oxygen atoms in total. The van der Waals surface area contributed by atoms with Crippen molar-refractivity contribution in [3.8, 4) is 5.75 Å². The Bertz CT molecular complexity index is 736. The summed E-state index contributed by atoms with van der Waals surface area (Å²) >= 11 is 0. The largest absolute Gasteiger partial charge is 0.471 e. The zero-order valence-corrected chi connectivity index (χ0v) is 11.1. The lowest BCUT2D eigenvalue weighted by atomic mass is 10.1. The third kappa shape index (κ3) is 1.86. The van der Waals surface area contributed by atoms with Crippen molar-refractivity contribution in [2.45, 2.75) is 16.8 Å². The van der Waals surface area contributed by atoms with Crippen LogP contribution < -0.4 is 10.5 Å². The first-order valence-corrected chi connectivity index (χ1v) is 7.29. The zero-order chi connectivity index (χ0) is 13.6. The predicted octanol–water partition coefficient (Wildman–Crippen LogP) is 0.737. The van der Waals surface area contributed by atoms with Crippen LogP contribution in [0.4, 0.5) is 5.69 Å². The van der Waals surface area contributed by atoms with Crippen molar-refractivity contribution >= 4 is 15.5 Å². The van der Waals surface area contributed by atoms with Gasteiger partial charge in [-0.2, -0.15) is 5.10 Å². The van der Waals surface area contributed by atoms with Crippen LogP contribution in [0, 0.1) is 0 Å². The lowest BCUT2D eigenvalue weighted by Gasteiger charge is -2.10. The van der Waals surface area contributed by atoms with E-state index in [4.69, 9.17) is 10.5 Å². The van der Waals surface area contributed by atoms with Gasteiger partial charge < -0.3 is 10.5 Å². The Morgan fingerprint density at radius 2 is 2.26 bits per heavy atom. The molecule has 0 amide bonds. The molecule has 3 rings (SSSR count). The highest BCUT2D eigenvalue weighted by Gasteiger charge is 2.36. The van der Waals surface area contributed by atoms with Gasteiger partial charge in [0.2, 0.25) is 15.3 Å². The van der Waals surface area contributed by atoms with E-state index in [9.17, 15) is 8.42 Å². The number of nitrogens with zero attached hydrogens (tertiary/aromatic N) is 2. The average Bonchev–Trinajstić information content (AvgIpc) is 2.96. The second kappa shape index (κ2) is 3.99. The maximum atomic E-state index is 12.4. The number of nitrogens with two attached hydrogens (primary N) is 1. The average molecular weight is 279 g/mol. The Hall–Kier alpha value is -2.02. The van der Waals surface area contributed by atoms with E-state index >= 15 is 0 Å². The minimum Gasteiger partial charge on any atom is -0.471 e. The van der Waals surface area contributed by atoms with Gasteiger partial charge in [0.15, 0.2) is 0 Å². The number of sulfone groups is 1. The molecule has 7 heteroatoms. The fourth-order valence-corrected chi connectivity index (χ4v) is 3.55. The van der Waals surface area contributed by atoms with Crippen molar-refractivity contribution in [1.82, 2.24) is 9.78 Å². The van der Waals surface area contributed by atoms with E-state index in [0.717, 1.165) is 5.56 Å². The monoisotopic (exact) mass is 279 g/mol. The quantitative estimate of drug-likeness (QED) is 0.819. The van der Waals surface area contributed by atoms with Gasteiger partial charge in [-0.25, -0.2) is 8.42 Å². The number of rotatable bonds is 2. The van der Waals surface area contributed by atoms with Crippen LogP contribution in [0.15, 0.2) is 35.5 Å². The summed E-state index contributed by atoms with van der Waals surface area (Å²) in [4.78, 5) is 0.159. The first kappa shape index (κ1) is 12.0. The molecule has 0 fully saturated rings. The molecular weight excluding hydrogens is 266 g/mol. The molecule has 1 atom stereocenters. The predicted molar refractivity (Wildman–Crippen MR) is 69.4 cm³/mol. The SMILES string of the molecule is Cn1cc(S(=O)(=O)C2Cc3cccc(N)c3O2)cn1. The maximum absolute atomic E-state index is 12.4. The number of aromatic nitrogens is 2. The number of benzene rings is 1. The summed E-state index contributed by atoms with van der Waals surface area (Å²) in [7, 11) is -1.90. The first-order chi connectivity index (χ1) is 8.98. The summed E-state index contributed by atoms with van der Waals surface area (Å²) in [5.74, 6) is 0.472. The number of anilines is 1. The number of hydrogen-bond donors (Lipinski definition) is 1. The fraction of sp³-hybridized carbons (Fsp3) is 0.250. The molecule has 100 valence electrons. The van der Waals surface area contributed by atoms with Crippen LogP contribution in [0.2, 0.25) is 0 Å². The Morgan fingerprint density at radius 1 is 1.47 bits per heavy atom. The number of ether oxygens (including phenoxy) is 1. The van der Waals surface area contributed by atoms with E-state index in [0.29, 0.717) is 17.9 Å². The minimum absolute atomic E-state index is 0.159. The van der Waals surface area contributed by atoms with Crippen molar-refractivity contribution in [2.75, 3.05) is 5.73 Å². The third-order valence-corrected chi connectivity index (χ3v) is 4.94. The summed E-state index contributed by atoms with van der Waals surface area (Å²) in [5, 5.41) is 3.88. The molecule has 1 aliphatic heterocycles. The molecule has 19 heavy (non-hydrogen) atoms. The zero-order valence-electron chi connectivity index (χ0n) is 10.3. The Kier molecular flexibility index (Phi) is 2.53. The van der Waals surface area contributed by atoms with Gasteiger partial charge in [-0.05, 0) is 6.07 Å². The van der Waals surface area contributed by atoms with Gasteiger partial charge in [0.25, 0.3) is 0 Å². The minimum atomic E-state index is -3.56. The highest BCUT2D eigenvalue weighted by atomic mass is 32.2. The molecule has 2 heterocycles. The highest BCUT2D eigenvalue weighted by Crippen LogP contribution is 2.37.